The first kappa shape index (κ1) is 15.6. The van der Waals surface area contributed by atoms with Gasteiger partial charge in [0.2, 0.25) is 5.91 Å². The summed E-state index contributed by atoms with van der Waals surface area (Å²) in [5.41, 5.74) is 2.39. The number of carbonyl (C=O) groups excluding carboxylic acids is 1. The molecule has 0 aliphatic heterocycles. The van der Waals surface area contributed by atoms with Crippen molar-refractivity contribution in [2.75, 3.05) is 6.54 Å². The normalized spacial score (nSPS) is 11.0. The Hall–Kier alpha value is -2.34. The van der Waals surface area contributed by atoms with E-state index in [0.717, 1.165) is 17.5 Å². The Balaban J connectivity index is 1.50. The molecule has 0 bridgehead atoms. The Kier molecular flexibility index (Phi) is 4.62. The van der Waals surface area contributed by atoms with Crippen LogP contribution >= 0.6 is 11.3 Å². The molecule has 2 heterocycles. The third kappa shape index (κ3) is 3.71. The lowest BCUT2D eigenvalue weighted by molar-refractivity contribution is -0.121. The van der Waals surface area contributed by atoms with Gasteiger partial charge < -0.3 is 9.73 Å². The molecule has 3 aromatic rings. The van der Waals surface area contributed by atoms with Crippen LogP contribution in [0.25, 0.3) is 11.1 Å². The minimum Gasteiger partial charge on any atom is -0.408 e. The van der Waals surface area contributed by atoms with Gasteiger partial charge >= 0.3 is 5.76 Å². The summed E-state index contributed by atoms with van der Waals surface area (Å²) < 4.78 is 6.65. The van der Waals surface area contributed by atoms with Gasteiger partial charge in [0.1, 0.15) is 0 Å². The zero-order valence-electron chi connectivity index (χ0n) is 12.9. The standard InChI is InChI=1S/C17H18N2O3S/c1-19-14-6-4-12(11-15(14)22-17(19)21)8-9-18-16(20)7-5-13-3-2-10-23-13/h2-4,6,10-11H,5,7-9H2,1H3,(H,18,20). The predicted molar refractivity (Wildman–Crippen MR) is 90.8 cm³/mol. The van der Waals surface area contributed by atoms with Crippen LogP contribution in [0.15, 0.2) is 44.9 Å². The number of thiophene rings is 1. The number of amides is 1. The Morgan fingerprint density at radius 3 is 2.96 bits per heavy atom. The second-order valence-electron chi connectivity index (χ2n) is 5.41. The van der Waals surface area contributed by atoms with E-state index >= 15 is 0 Å². The first-order chi connectivity index (χ1) is 11.1. The van der Waals surface area contributed by atoms with Gasteiger partial charge in [-0.1, -0.05) is 12.1 Å². The van der Waals surface area contributed by atoms with Gasteiger partial charge in [0.05, 0.1) is 5.52 Å². The molecule has 6 heteroatoms. The van der Waals surface area contributed by atoms with Crippen molar-refractivity contribution in [3.63, 3.8) is 0 Å². The maximum absolute atomic E-state index is 11.8. The molecule has 2 aromatic heterocycles. The van der Waals surface area contributed by atoms with Crippen LogP contribution in [0, 0.1) is 0 Å². The van der Waals surface area contributed by atoms with Crippen molar-refractivity contribution in [3.8, 4) is 0 Å². The second kappa shape index (κ2) is 6.83. The van der Waals surface area contributed by atoms with E-state index in [-0.39, 0.29) is 11.7 Å². The zero-order chi connectivity index (χ0) is 16.2. The number of aromatic nitrogens is 1. The molecule has 0 saturated carbocycles. The van der Waals surface area contributed by atoms with Crippen molar-refractivity contribution in [1.29, 1.82) is 0 Å². The molecule has 0 radical (unpaired) electrons. The number of benzene rings is 1. The molecule has 1 aromatic carbocycles. The van der Waals surface area contributed by atoms with Crippen molar-refractivity contribution in [1.82, 2.24) is 9.88 Å². The summed E-state index contributed by atoms with van der Waals surface area (Å²) in [7, 11) is 1.68. The van der Waals surface area contributed by atoms with E-state index in [4.69, 9.17) is 4.42 Å². The molecule has 1 amide bonds. The minimum atomic E-state index is -0.362. The number of carbonyl (C=O) groups is 1. The van der Waals surface area contributed by atoms with Gasteiger partial charge in [-0.2, -0.15) is 0 Å². The summed E-state index contributed by atoms with van der Waals surface area (Å²) >= 11 is 1.67. The maximum Gasteiger partial charge on any atom is 0.419 e. The molecule has 0 unspecified atom stereocenters. The van der Waals surface area contributed by atoms with E-state index in [0.29, 0.717) is 25.0 Å². The van der Waals surface area contributed by atoms with Crippen LogP contribution in [0.4, 0.5) is 0 Å². The summed E-state index contributed by atoms with van der Waals surface area (Å²) in [6.45, 7) is 0.575. The highest BCUT2D eigenvalue weighted by Crippen LogP contribution is 2.14. The molecule has 23 heavy (non-hydrogen) atoms. The van der Waals surface area contributed by atoms with E-state index in [1.54, 1.807) is 18.4 Å². The van der Waals surface area contributed by atoms with Crippen molar-refractivity contribution < 1.29 is 9.21 Å². The molecule has 0 aliphatic carbocycles. The van der Waals surface area contributed by atoms with Gasteiger partial charge in [0, 0.05) is 24.9 Å². The number of fused-ring (bicyclic) bond motifs is 1. The number of hydrogen-bond donors (Lipinski definition) is 1. The van der Waals surface area contributed by atoms with Crippen LogP contribution in [0.2, 0.25) is 0 Å². The average molecular weight is 330 g/mol. The molecule has 120 valence electrons. The fourth-order valence-corrected chi connectivity index (χ4v) is 3.17. The van der Waals surface area contributed by atoms with Crippen LogP contribution in [-0.2, 0) is 24.7 Å². The second-order valence-corrected chi connectivity index (χ2v) is 6.44. The molecular formula is C17H18N2O3S. The highest BCUT2D eigenvalue weighted by molar-refractivity contribution is 7.09. The van der Waals surface area contributed by atoms with Gasteiger partial charge in [0.25, 0.3) is 0 Å². The molecule has 1 N–H and O–H groups in total. The van der Waals surface area contributed by atoms with Gasteiger partial charge in [-0.3, -0.25) is 9.36 Å². The molecule has 5 nitrogen and oxygen atoms in total. The topological polar surface area (TPSA) is 64.2 Å². The number of nitrogens with zero attached hydrogens (tertiary/aromatic N) is 1. The summed E-state index contributed by atoms with van der Waals surface area (Å²) in [4.78, 5) is 24.5. The van der Waals surface area contributed by atoms with Crippen LogP contribution in [0.3, 0.4) is 0 Å². The van der Waals surface area contributed by atoms with Gasteiger partial charge in [-0.25, -0.2) is 4.79 Å². The van der Waals surface area contributed by atoms with Crippen LogP contribution in [0.1, 0.15) is 16.9 Å². The molecule has 0 saturated heterocycles. The van der Waals surface area contributed by atoms with Gasteiger partial charge in [0.15, 0.2) is 5.58 Å². The minimum absolute atomic E-state index is 0.0609. The number of hydrogen-bond acceptors (Lipinski definition) is 4. The number of rotatable bonds is 6. The third-order valence-corrected chi connectivity index (χ3v) is 4.71. The van der Waals surface area contributed by atoms with E-state index in [1.165, 1.54) is 9.44 Å². The van der Waals surface area contributed by atoms with Crippen LogP contribution < -0.4 is 11.1 Å². The summed E-state index contributed by atoms with van der Waals surface area (Å²) in [6.07, 6.45) is 2.00. The van der Waals surface area contributed by atoms with Gasteiger partial charge in [-0.05, 0) is 42.0 Å². The van der Waals surface area contributed by atoms with Crippen molar-refractivity contribution in [2.45, 2.75) is 19.3 Å². The van der Waals surface area contributed by atoms with Gasteiger partial charge in [-0.15, -0.1) is 11.3 Å². The molecule has 0 fully saturated rings. The Morgan fingerprint density at radius 1 is 1.30 bits per heavy atom. The molecular weight excluding hydrogens is 312 g/mol. The quantitative estimate of drug-likeness (QED) is 0.755. The SMILES string of the molecule is Cn1c(=O)oc2cc(CCNC(=O)CCc3cccs3)ccc21. The fraction of sp³-hybridized carbons (Fsp3) is 0.294. The first-order valence-corrected chi connectivity index (χ1v) is 8.39. The van der Waals surface area contributed by atoms with Crippen molar-refractivity contribution in [3.05, 3.63) is 56.7 Å². The highest BCUT2D eigenvalue weighted by atomic mass is 32.1. The van der Waals surface area contributed by atoms with Crippen molar-refractivity contribution in [2.24, 2.45) is 7.05 Å². The Morgan fingerprint density at radius 2 is 2.17 bits per heavy atom. The lowest BCUT2D eigenvalue weighted by Gasteiger charge is -2.05. The lowest BCUT2D eigenvalue weighted by Crippen LogP contribution is -2.25. The number of nitrogens with one attached hydrogen (secondary N) is 1. The average Bonchev–Trinajstić information content (AvgIpc) is 3.14. The third-order valence-electron chi connectivity index (χ3n) is 3.77. The lowest BCUT2D eigenvalue weighted by atomic mass is 10.1. The van der Waals surface area contributed by atoms with E-state index in [9.17, 15) is 9.59 Å². The number of aryl methyl sites for hydroxylation is 2. The summed E-state index contributed by atoms with van der Waals surface area (Å²) in [5.74, 6) is -0.301. The maximum atomic E-state index is 11.8. The van der Waals surface area contributed by atoms with Crippen LogP contribution in [-0.4, -0.2) is 17.0 Å². The predicted octanol–water partition coefficient (Wildman–Crippen LogP) is 2.48. The smallest absolute Gasteiger partial charge is 0.408 e. The molecule has 3 rings (SSSR count). The molecule has 0 aliphatic rings. The first-order valence-electron chi connectivity index (χ1n) is 7.51. The largest absolute Gasteiger partial charge is 0.419 e. The summed E-state index contributed by atoms with van der Waals surface area (Å²) in [5, 5.41) is 4.95. The van der Waals surface area contributed by atoms with E-state index in [2.05, 4.69) is 5.32 Å². The van der Waals surface area contributed by atoms with E-state index < -0.39 is 0 Å². The Labute approximate surface area is 137 Å². The molecule has 0 atom stereocenters. The monoisotopic (exact) mass is 330 g/mol. The molecule has 0 spiro atoms. The Bertz CT molecular complexity index is 862. The highest BCUT2D eigenvalue weighted by Gasteiger charge is 2.07. The number of oxazole rings is 1. The summed E-state index contributed by atoms with van der Waals surface area (Å²) in [6, 6.07) is 9.72. The van der Waals surface area contributed by atoms with E-state index in [1.807, 2.05) is 35.7 Å². The van der Waals surface area contributed by atoms with Crippen LogP contribution in [0.5, 0.6) is 0 Å². The van der Waals surface area contributed by atoms with Crippen molar-refractivity contribution >= 4 is 28.3 Å². The zero-order valence-corrected chi connectivity index (χ0v) is 13.7. The fourth-order valence-electron chi connectivity index (χ4n) is 2.46.